The maximum absolute atomic E-state index is 12.8. The first kappa shape index (κ1) is 18.7. The molecule has 0 bridgehead atoms. The van der Waals surface area contributed by atoms with Crippen molar-refractivity contribution >= 4 is 11.8 Å². The maximum atomic E-state index is 12.8. The van der Waals surface area contributed by atoms with Gasteiger partial charge in [-0.2, -0.15) is 0 Å². The van der Waals surface area contributed by atoms with E-state index in [-0.39, 0.29) is 11.8 Å². The summed E-state index contributed by atoms with van der Waals surface area (Å²) in [6.07, 6.45) is 1.93. The van der Waals surface area contributed by atoms with Crippen LogP contribution >= 0.6 is 0 Å². The lowest BCUT2D eigenvalue weighted by molar-refractivity contribution is -0.140. The van der Waals surface area contributed by atoms with Gasteiger partial charge in [0.1, 0.15) is 6.04 Å². The van der Waals surface area contributed by atoms with Crippen molar-refractivity contribution in [2.75, 3.05) is 6.54 Å². The molecule has 25 heavy (non-hydrogen) atoms. The highest BCUT2D eigenvalue weighted by atomic mass is 16.2. The topological polar surface area (TPSA) is 49.4 Å². The van der Waals surface area contributed by atoms with Gasteiger partial charge in [-0.3, -0.25) is 9.59 Å². The highest BCUT2D eigenvalue weighted by Gasteiger charge is 2.29. The number of unbranched alkanes of at least 4 members (excludes halogenated alkanes) is 1. The molecule has 2 rings (SSSR count). The predicted molar refractivity (Wildman–Crippen MR) is 99.8 cm³/mol. The molecule has 2 amide bonds. The molecule has 2 aromatic carbocycles. The lowest BCUT2D eigenvalue weighted by Crippen LogP contribution is -2.42. The van der Waals surface area contributed by atoms with Gasteiger partial charge in [-0.25, -0.2) is 0 Å². The molecular weight excluding hydrogens is 312 g/mol. The largest absolute Gasteiger partial charge is 0.354 e. The molecule has 1 atom stereocenters. The molecule has 4 nitrogen and oxygen atoms in total. The fraction of sp³-hybridized carbons (Fsp3) is 0.333. The summed E-state index contributed by atoms with van der Waals surface area (Å²) in [5.41, 5.74) is 1.82. The van der Waals surface area contributed by atoms with Gasteiger partial charge in [0.2, 0.25) is 11.8 Å². The molecule has 0 saturated carbocycles. The number of nitrogens with one attached hydrogen (secondary N) is 1. The smallest absolute Gasteiger partial charge is 0.247 e. The molecule has 0 radical (unpaired) electrons. The zero-order valence-corrected chi connectivity index (χ0v) is 14.9. The predicted octanol–water partition coefficient (Wildman–Crippen LogP) is 3.69. The van der Waals surface area contributed by atoms with Crippen molar-refractivity contribution in [3.63, 3.8) is 0 Å². The van der Waals surface area contributed by atoms with Crippen molar-refractivity contribution in [1.29, 1.82) is 0 Å². The fourth-order valence-electron chi connectivity index (χ4n) is 2.76. The van der Waals surface area contributed by atoms with Crippen molar-refractivity contribution in [2.24, 2.45) is 0 Å². The second-order valence-electron chi connectivity index (χ2n) is 6.09. The standard InChI is InChI=1S/C21H26N2O2/c1-3-4-15-22-21(25)20(19-13-9-6-10-14-19)23(17(2)24)16-18-11-7-5-8-12-18/h5-14,20H,3-4,15-16H2,1-2H3,(H,22,25)/t20-/m0/s1. The van der Waals surface area contributed by atoms with Crippen LogP contribution in [-0.4, -0.2) is 23.3 Å². The highest BCUT2D eigenvalue weighted by Crippen LogP contribution is 2.23. The first-order valence-electron chi connectivity index (χ1n) is 8.77. The van der Waals surface area contributed by atoms with E-state index in [1.807, 2.05) is 60.7 Å². The van der Waals surface area contributed by atoms with Gasteiger partial charge >= 0.3 is 0 Å². The number of hydrogen-bond donors (Lipinski definition) is 1. The molecular formula is C21H26N2O2. The SMILES string of the molecule is CCCCNC(=O)[C@H](c1ccccc1)N(Cc1ccccc1)C(C)=O. The first-order chi connectivity index (χ1) is 12.1. The highest BCUT2D eigenvalue weighted by molar-refractivity contribution is 5.88. The molecule has 0 spiro atoms. The Hall–Kier alpha value is -2.62. The van der Waals surface area contributed by atoms with Gasteiger partial charge in [-0.05, 0) is 17.5 Å². The average Bonchev–Trinajstić information content (AvgIpc) is 2.63. The van der Waals surface area contributed by atoms with Crippen LogP contribution in [-0.2, 0) is 16.1 Å². The molecule has 0 aliphatic carbocycles. The van der Waals surface area contributed by atoms with Gasteiger partial charge in [0.15, 0.2) is 0 Å². The number of rotatable bonds is 8. The summed E-state index contributed by atoms with van der Waals surface area (Å²) in [5.74, 6) is -0.255. The molecule has 0 aliphatic rings. The van der Waals surface area contributed by atoms with Crippen LogP contribution in [0.3, 0.4) is 0 Å². The number of amides is 2. The number of nitrogens with zero attached hydrogens (tertiary/aromatic N) is 1. The van der Waals surface area contributed by atoms with Crippen molar-refractivity contribution in [3.05, 3.63) is 71.8 Å². The number of carbonyl (C=O) groups is 2. The fourth-order valence-corrected chi connectivity index (χ4v) is 2.76. The van der Waals surface area contributed by atoms with Crippen LogP contribution in [0.1, 0.15) is 43.9 Å². The van der Waals surface area contributed by atoms with Crippen LogP contribution in [0.5, 0.6) is 0 Å². The summed E-state index contributed by atoms with van der Waals surface area (Å²) in [5, 5.41) is 2.97. The summed E-state index contributed by atoms with van der Waals surface area (Å²) in [7, 11) is 0. The minimum absolute atomic E-state index is 0.122. The zero-order chi connectivity index (χ0) is 18.1. The molecule has 2 aromatic rings. The quantitative estimate of drug-likeness (QED) is 0.746. The number of benzene rings is 2. The Morgan fingerprint density at radius 1 is 1.00 bits per heavy atom. The molecule has 0 heterocycles. The Morgan fingerprint density at radius 3 is 2.16 bits per heavy atom. The van der Waals surface area contributed by atoms with E-state index in [0.29, 0.717) is 13.1 Å². The summed E-state index contributed by atoms with van der Waals surface area (Å²) in [6, 6.07) is 18.6. The van der Waals surface area contributed by atoms with Gasteiger partial charge in [0.05, 0.1) is 0 Å². The van der Waals surface area contributed by atoms with E-state index in [1.54, 1.807) is 4.90 Å². The maximum Gasteiger partial charge on any atom is 0.247 e. The minimum Gasteiger partial charge on any atom is -0.354 e. The van der Waals surface area contributed by atoms with Crippen LogP contribution in [0.15, 0.2) is 60.7 Å². The van der Waals surface area contributed by atoms with Crippen molar-refractivity contribution in [3.8, 4) is 0 Å². The van der Waals surface area contributed by atoms with Crippen molar-refractivity contribution < 1.29 is 9.59 Å². The van der Waals surface area contributed by atoms with Gasteiger partial charge in [-0.15, -0.1) is 0 Å². The van der Waals surface area contributed by atoms with Crippen LogP contribution in [0.4, 0.5) is 0 Å². The summed E-state index contributed by atoms with van der Waals surface area (Å²) in [4.78, 5) is 26.8. The van der Waals surface area contributed by atoms with Crippen LogP contribution in [0.2, 0.25) is 0 Å². The Bertz CT molecular complexity index is 671. The summed E-state index contributed by atoms with van der Waals surface area (Å²) < 4.78 is 0. The van der Waals surface area contributed by atoms with Gasteiger partial charge < -0.3 is 10.2 Å². The van der Waals surface area contributed by atoms with Crippen LogP contribution < -0.4 is 5.32 Å². The molecule has 1 N–H and O–H groups in total. The molecule has 0 aromatic heterocycles. The zero-order valence-electron chi connectivity index (χ0n) is 14.9. The normalized spacial score (nSPS) is 11.6. The van der Waals surface area contributed by atoms with Gasteiger partial charge in [0, 0.05) is 20.0 Å². The Balaban J connectivity index is 2.29. The van der Waals surface area contributed by atoms with Crippen LogP contribution in [0.25, 0.3) is 0 Å². The van der Waals surface area contributed by atoms with E-state index >= 15 is 0 Å². The van der Waals surface area contributed by atoms with E-state index in [2.05, 4.69) is 12.2 Å². The van der Waals surface area contributed by atoms with Crippen molar-refractivity contribution in [2.45, 2.75) is 39.3 Å². The third kappa shape index (κ3) is 5.45. The molecule has 0 fully saturated rings. The average molecular weight is 338 g/mol. The van der Waals surface area contributed by atoms with E-state index in [9.17, 15) is 9.59 Å². The van der Waals surface area contributed by atoms with Crippen LogP contribution in [0, 0.1) is 0 Å². The van der Waals surface area contributed by atoms with E-state index < -0.39 is 6.04 Å². The van der Waals surface area contributed by atoms with Gasteiger partial charge in [0.25, 0.3) is 0 Å². The molecule has 0 unspecified atom stereocenters. The number of hydrogen-bond acceptors (Lipinski definition) is 2. The van der Waals surface area contributed by atoms with E-state index in [0.717, 1.165) is 24.0 Å². The summed E-state index contributed by atoms with van der Waals surface area (Å²) >= 11 is 0. The third-order valence-electron chi connectivity index (χ3n) is 4.11. The number of carbonyl (C=O) groups excluding carboxylic acids is 2. The first-order valence-corrected chi connectivity index (χ1v) is 8.77. The minimum atomic E-state index is -0.629. The second kappa shape index (κ2) is 9.62. The monoisotopic (exact) mass is 338 g/mol. The Kier molecular flexibility index (Phi) is 7.20. The van der Waals surface area contributed by atoms with Gasteiger partial charge in [-0.1, -0.05) is 74.0 Å². The van der Waals surface area contributed by atoms with E-state index in [1.165, 1.54) is 6.92 Å². The van der Waals surface area contributed by atoms with Crippen molar-refractivity contribution in [1.82, 2.24) is 10.2 Å². The Labute approximate surface area is 149 Å². The third-order valence-corrected chi connectivity index (χ3v) is 4.11. The Morgan fingerprint density at radius 2 is 1.60 bits per heavy atom. The van der Waals surface area contributed by atoms with E-state index in [4.69, 9.17) is 0 Å². The second-order valence-corrected chi connectivity index (χ2v) is 6.09. The summed E-state index contributed by atoms with van der Waals surface area (Å²) in [6.45, 7) is 4.61. The lowest BCUT2D eigenvalue weighted by Gasteiger charge is -2.30. The lowest BCUT2D eigenvalue weighted by atomic mass is 10.0. The molecule has 0 aliphatic heterocycles. The molecule has 0 saturated heterocycles. The molecule has 132 valence electrons. The molecule has 4 heteroatoms.